The largest absolute Gasteiger partial charge is 0.403 e. The molecule has 64 valence electrons. The Kier molecular flexibility index (Phi) is 2.82. The summed E-state index contributed by atoms with van der Waals surface area (Å²) in [4.78, 5) is 11.4. The van der Waals surface area contributed by atoms with Crippen LogP contribution in [0.4, 0.5) is 0 Å². The van der Waals surface area contributed by atoms with Gasteiger partial charge in [-0.15, -0.1) is 0 Å². The van der Waals surface area contributed by atoms with Crippen LogP contribution < -0.4 is 5.73 Å². The molecule has 0 heterocycles. The standard InChI is InChI=1S/C10H8N2O/c11-6-9(7-12)10(13)8-4-2-1-3-5-8/h1-6H,11H2/b9-6-. The molecule has 1 aromatic carbocycles. The molecule has 0 saturated carbocycles. The van der Waals surface area contributed by atoms with Crippen molar-refractivity contribution >= 4 is 5.78 Å². The Bertz CT molecular complexity index is 374. The fraction of sp³-hybridized carbons (Fsp3) is 0. The summed E-state index contributed by atoms with van der Waals surface area (Å²) < 4.78 is 0. The maximum Gasteiger partial charge on any atom is 0.205 e. The van der Waals surface area contributed by atoms with Crippen LogP contribution in [0.25, 0.3) is 0 Å². The number of Topliss-reactive ketones (excluding diaryl/α,β-unsaturated/α-hetero) is 1. The van der Waals surface area contributed by atoms with Gasteiger partial charge in [-0.3, -0.25) is 4.79 Å². The van der Waals surface area contributed by atoms with Crippen molar-refractivity contribution in [3.05, 3.63) is 47.7 Å². The number of nitrogens with two attached hydrogens (primary N) is 1. The number of nitriles is 1. The third-order valence-corrected chi connectivity index (χ3v) is 1.57. The lowest BCUT2D eigenvalue weighted by atomic mass is 10.1. The molecule has 0 aromatic heterocycles. The summed E-state index contributed by atoms with van der Waals surface area (Å²) in [6.07, 6.45) is 1.02. The molecule has 0 aliphatic heterocycles. The third kappa shape index (κ3) is 1.94. The first-order valence-corrected chi connectivity index (χ1v) is 3.71. The van der Waals surface area contributed by atoms with Gasteiger partial charge < -0.3 is 5.73 Å². The van der Waals surface area contributed by atoms with Crippen LogP contribution in [0.15, 0.2) is 42.1 Å². The number of ketones is 1. The predicted molar refractivity (Wildman–Crippen MR) is 48.7 cm³/mol. The number of rotatable bonds is 2. The van der Waals surface area contributed by atoms with Gasteiger partial charge in [0.05, 0.1) is 0 Å². The van der Waals surface area contributed by atoms with Crippen LogP contribution in [0.1, 0.15) is 10.4 Å². The number of hydrogen-bond donors (Lipinski definition) is 1. The van der Waals surface area contributed by atoms with E-state index in [0.717, 1.165) is 6.20 Å². The molecular weight excluding hydrogens is 164 g/mol. The maximum absolute atomic E-state index is 11.4. The summed E-state index contributed by atoms with van der Waals surface area (Å²) in [5.41, 5.74) is 5.55. The van der Waals surface area contributed by atoms with E-state index in [9.17, 15) is 4.79 Å². The molecule has 0 aliphatic carbocycles. The average Bonchev–Trinajstić information content (AvgIpc) is 2.21. The van der Waals surface area contributed by atoms with Gasteiger partial charge in [0, 0.05) is 11.8 Å². The smallest absolute Gasteiger partial charge is 0.205 e. The van der Waals surface area contributed by atoms with E-state index in [0.29, 0.717) is 5.56 Å². The molecule has 1 rings (SSSR count). The predicted octanol–water partition coefficient (Wildman–Crippen LogP) is 1.24. The quantitative estimate of drug-likeness (QED) is 0.414. The van der Waals surface area contributed by atoms with Gasteiger partial charge in [-0.2, -0.15) is 5.26 Å². The summed E-state index contributed by atoms with van der Waals surface area (Å²) in [6, 6.07) is 10.3. The van der Waals surface area contributed by atoms with E-state index in [1.807, 2.05) is 0 Å². The monoisotopic (exact) mass is 172 g/mol. The molecule has 0 spiro atoms. The Morgan fingerprint density at radius 2 is 2.00 bits per heavy atom. The van der Waals surface area contributed by atoms with Gasteiger partial charge >= 0.3 is 0 Å². The zero-order valence-corrected chi connectivity index (χ0v) is 6.90. The lowest BCUT2D eigenvalue weighted by Crippen LogP contribution is -2.03. The van der Waals surface area contributed by atoms with E-state index >= 15 is 0 Å². The summed E-state index contributed by atoms with van der Waals surface area (Å²) in [6.45, 7) is 0. The van der Waals surface area contributed by atoms with E-state index in [-0.39, 0.29) is 11.4 Å². The zero-order valence-electron chi connectivity index (χ0n) is 6.90. The second kappa shape index (κ2) is 4.07. The molecule has 0 saturated heterocycles. The van der Waals surface area contributed by atoms with Crippen LogP contribution in [0.3, 0.4) is 0 Å². The van der Waals surface area contributed by atoms with Crippen molar-refractivity contribution < 1.29 is 4.79 Å². The first kappa shape index (κ1) is 9.01. The van der Waals surface area contributed by atoms with Crippen LogP contribution in [-0.4, -0.2) is 5.78 Å². The number of hydrogen-bond acceptors (Lipinski definition) is 3. The van der Waals surface area contributed by atoms with Crippen LogP contribution in [0.2, 0.25) is 0 Å². The molecule has 0 amide bonds. The molecule has 0 fully saturated rings. The lowest BCUT2D eigenvalue weighted by Gasteiger charge is -1.96. The summed E-state index contributed by atoms with van der Waals surface area (Å²) in [5.74, 6) is -0.342. The Labute approximate surface area is 76.1 Å². The molecular formula is C10H8N2O. The molecule has 0 aliphatic rings. The second-order valence-corrected chi connectivity index (χ2v) is 2.39. The fourth-order valence-corrected chi connectivity index (χ4v) is 0.909. The lowest BCUT2D eigenvalue weighted by molar-refractivity contribution is 0.103. The molecule has 0 radical (unpaired) electrons. The molecule has 3 nitrogen and oxygen atoms in total. The number of carbonyl (C=O) groups is 1. The van der Waals surface area contributed by atoms with Gasteiger partial charge in [-0.05, 0) is 0 Å². The summed E-state index contributed by atoms with van der Waals surface area (Å²) >= 11 is 0. The number of nitrogens with zero attached hydrogens (tertiary/aromatic N) is 1. The molecule has 13 heavy (non-hydrogen) atoms. The topological polar surface area (TPSA) is 66.9 Å². The molecule has 0 unspecified atom stereocenters. The molecule has 0 atom stereocenters. The SMILES string of the molecule is N#C/C(=C/N)C(=O)c1ccccc1. The highest BCUT2D eigenvalue weighted by atomic mass is 16.1. The first-order chi connectivity index (χ1) is 6.29. The van der Waals surface area contributed by atoms with Crippen molar-refractivity contribution in [1.29, 1.82) is 5.26 Å². The minimum atomic E-state index is -0.342. The van der Waals surface area contributed by atoms with Crippen LogP contribution in [0, 0.1) is 11.3 Å². The van der Waals surface area contributed by atoms with E-state index in [1.54, 1.807) is 36.4 Å². The molecule has 0 bridgehead atoms. The molecule has 2 N–H and O–H groups in total. The number of carbonyl (C=O) groups excluding carboxylic acids is 1. The Morgan fingerprint density at radius 3 is 2.46 bits per heavy atom. The Hall–Kier alpha value is -2.08. The maximum atomic E-state index is 11.4. The molecule has 3 heteroatoms. The zero-order chi connectivity index (χ0) is 9.68. The van der Waals surface area contributed by atoms with Crippen molar-refractivity contribution in [2.24, 2.45) is 5.73 Å². The highest BCUT2D eigenvalue weighted by molar-refractivity contribution is 6.11. The van der Waals surface area contributed by atoms with Gasteiger partial charge in [-0.25, -0.2) is 0 Å². The van der Waals surface area contributed by atoms with Crippen LogP contribution >= 0.6 is 0 Å². The van der Waals surface area contributed by atoms with E-state index in [2.05, 4.69) is 0 Å². The van der Waals surface area contributed by atoms with Crippen molar-refractivity contribution in [3.8, 4) is 6.07 Å². The van der Waals surface area contributed by atoms with Gasteiger partial charge in [0.1, 0.15) is 11.6 Å². The summed E-state index contributed by atoms with van der Waals surface area (Å²) in [7, 11) is 0. The van der Waals surface area contributed by atoms with Crippen molar-refractivity contribution in [2.45, 2.75) is 0 Å². The van der Waals surface area contributed by atoms with Crippen molar-refractivity contribution in [1.82, 2.24) is 0 Å². The number of benzene rings is 1. The normalized spacial score (nSPS) is 10.5. The number of allylic oxidation sites excluding steroid dienone is 1. The van der Waals surface area contributed by atoms with E-state index in [4.69, 9.17) is 11.0 Å². The van der Waals surface area contributed by atoms with Gasteiger partial charge in [0.25, 0.3) is 0 Å². The van der Waals surface area contributed by atoms with Crippen LogP contribution in [0.5, 0.6) is 0 Å². The van der Waals surface area contributed by atoms with E-state index < -0.39 is 0 Å². The van der Waals surface area contributed by atoms with Crippen LogP contribution in [-0.2, 0) is 0 Å². The highest BCUT2D eigenvalue weighted by Gasteiger charge is 2.09. The van der Waals surface area contributed by atoms with Crippen molar-refractivity contribution in [2.75, 3.05) is 0 Å². The fourth-order valence-electron chi connectivity index (χ4n) is 0.909. The van der Waals surface area contributed by atoms with Gasteiger partial charge in [0.15, 0.2) is 0 Å². The summed E-state index contributed by atoms with van der Waals surface area (Å²) in [5, 5.41) is 8.54. The minimum absolute atomic E-state index is 0.0359. The minimum Gasteiger partial charge on any atom is -0.403 e. The first-order valence-electron chi connectivity index (χ1n) is 3.71. The molecule has 1 aromatic rings. The second-order valence-electron chi connectivity index (χ2n) is 2.39. The average molecular weight is 172 g/mol. The Balaban J connectivity index is 3.01. The van der Waals surface area contributed by atoms with E-state index in [1.165, 1.54) is 0 Å². The van der Waals surface area contributed by atoms with Crippen molar-refractivity contribution in [3.63, 3.8) is 0 Å². The van der Waals surface area contributed by atoms with Gasteiger partial charge in [-0.1, -0.05) is 30.3 Å². The Morgan fingerprint density at radius 1 is 1.38 bits per heavy atom. The highest BCUT2D eigenvalue weighted by Crippen LogP contribution is 2.05. The van der Waals surface area contributed by atoms with Gasteiger partial charge in [0.2, 0.25) is 5.78 Å². The third-order valence-electron chi connectivity index (χ3n) is 1.57.